The number of phenolic OH excluding ortho intramolecular Hbond substituents is 1. The quantitative estimate of drug-likeness (QED) is 0.773. The lowest BCUT2D eigenvalue weighted by molar-refractivity contribution is -0.123. The number of carbonyl (C=O) groups excluding carboxylic acids is 1. The summed E-state index contributed by atoms with van der Waals surface area (Å²) >= 11 is 0. The Labute approximate surface area is 168 Å². The minimum atomic E-state index is -0.0769. The van der Waals surface area contributed by atoms with Crippen LogP contribution in [0.4, 0.5) is 0 Å². The predicted molar refractivity (Wildman–Crippen MR) is 113 cm³/mol. The number of hydrogen-bond donors (Lipinski definition) is 2. The van der Waals surface area contributed by atoms with E-state index in [0.29, 0.717) is 18.2 Å². The van der Waals surface area contributed by atoms with Gasteiger partial charge in [0.05, 0.1) is 5.92 Å². The average molecular weight is 381 g/mol. The van der Waals surface area contributed by atoms with Crippen LogP contribution in [0.5, 0.6) is 5.75 Å². The molecule has 0 spiro atoms. The van der Waals surface area contributed by atoms with Crippen molar-refractivity contribution in [1.29, 1.82) is 0 Å². The number of benzene rings is 2. The molecule has 0 saturated heterocycles. The van der Waals surface area contributed by atoms with Crippen LogP contribution in [-0.2, 0) is 16.6 Å². The molecule has 1 amide bonds. The normalized spacial score (nSPS) is 24.8. The van der Waals surface area contributed by atoms with Crippen LogP contribution >= 0.6 is 0 Å². The maximum Gasteiger partial charge on any atom is 0.224 e. The van der Waals surface area contributed by atoms with Gasteiger partial charge in [0.15, 0.2) is 0 Å². The van der Waals surface area contributed by atoms with Crippen LogP contribution in [0.1, 0.15) is 30.5 Å². The van der Waals surface area contributed by atoms with E-state index < -0.39 is 0 Å². The number of nitrogens with zero attached hydrogens (tertiary/aromatic N) is 1. The lowest BCUT2D eigenvalue weighted by Crippen LogP contribution is -2.42. The van der Waals surface area contributed by atoms with E-state index in [1.165, 1.54) is 11.1 Å². The van der Waals surface area contributed by atoms with E-state index in [1.54, 1.807) is 12.1 Å². The zero-order chi connectivity index (χ0) is 20.5. The second kappa shape index (κ2) is 7.96. The largest absolute Gasteiger partial charge is 0.508 e. The summed E-state index contributed by atoms with van der Waals surface area (Å²) in [7, 11) is 4.08. The Morgan fingerprint density at radius 2 is 1.89 bits per heavy atom. The van der Waals surface area contributed by atoms with Gasteiger partial charge in [0.1, 0.15) is 5.75 Å². The maximum absolute atomic E-state index is 12.9. The summed E-state index contributed by atoms with van der Waals surface area (Å²) in [5, 5.41) is 12.8. The monoisotopic (exact) mass is 380 g/mol. The Kier molecular flexibility index (Phi) is 5.80. The molecule has 4 atom stereocenters. The predicted octanol–water partition coefficient (Wildman–Crippen LogP) is 3.51. The van der Waals surface area contributed by atoms with Crippen LogP contribution < -0.4 is 5.32 Å². The number of rotatable bonds is 7. The van der Waals surface area contributed by atoms with Gasteiger partial charge in [0.2, 0.25) is 5.91 Å². The molecule has 28 heavy (non-hydrogen) atoms. The standard InChI is InChI=1S/C24H32N2O2/c1-16-13-21(27)12-11-18(16)14-20(26(4)5)15-25-23(28)22-17(2)24(22,3)19-9-7-6-8-10-19/h6-13,17,20,22,27H,14-15H2,1-5H3,(H,25,28)/t17-,20-,22-,24+/m0/s1. The van der Waals surface area contributed by atoms with Gasteiger partial charge in [0.25, 0.3) is 0 Å². The third-order valence-electron chi connectivity index (χ3n) is 6.69. The van der Waals surface area contributed by atoms with Crippen molar-refractivity contribution >= 4 is 5.91 Å². The smallest absolute Gasteiger partial charge is 0.224 e. The first-order valence-corrected chi connectivity index (χ1v) is 10.0. The summed E-state index contributed by atoms with van der Waals surface area (Å²) in [6, 6.07) is 16.0. The molecule has 0 bridgehead atoms. The van der Waals surface area contributed by atoms with Crippen LogP contribution in [0.15, 0.2) is 48.5 Å². The van der Waals surface area contributed by atoms with Gasteiger partial charge in [-0.15, -0.1) is 0 Å². The highest BCUT2D eigenvalue weighted by Gasteiger charge is 2.62. The van der Waals surface area contributed by atoms with Crippen molar-refractivity contribution in [2.75, 3.05) is 20.6 Å². The highest BCUT2D eigenvalue weighted by molar-refractivity contribution is 5.85. The Bertz CT molecular complexity index is 834. The van der Waals surface area contributed by atoms with Gasteiger partial charge < -0.3 is 15.3 Å². The molecule has 0 unspecified atom stereocenters. The first kappa shape index (κ1) is 20.4. The van der Waals surface area contributed by atoms with Gasteiger partial charge in [-0.25, -0.2) is 0 Å². The van der Waals surface area contributed by atoms with Crippen LogP contribution in [0, 0.1) is 18.8 Å². The number of aryl methyl sites for hydroxylation is 1. The van der Waals surface area contributed by atoms with E-state index in [9.17, 15) is 9.90 Å². The second-order valence-electron chi connectivity index (χ2n) is 8.59. The third-order valence-corrected chi connectivity index (χ3v) is 6.69. The molecule has 0 heterocycles. The summed E-state index contributed by atoms with van der Waals surface area (Å²) in [4.78, 5) is 15.1. The van der Waals surface area contributed by atoms with Gasteiger partial charge >= 0.3 is 0 Å². The summed E-state index contributed by atoms with van der Waals surface area (Å²) in [5.41, 5.74) is 3.43. The highest BCUT2D eigenvalue weighted by atomic mass is 16.3. The molecule has 4 heteroatoms. The molecule has 2 aromatic carbocycles. The van der Waals surface area contributed by atoms with Crippen LogP contribution in [0.3, 0.4) is 0 Å². The van der Waals surface area contributed by atoms with Crippen molar-refractivity contribution in [2.45, 2.75) is 38.6 Å². The van der Waals surface area contributed by atoms with Gasteiger partial charge in [-0.2, -0.15) is 0 Å². The van der Waals surface area contributed by atoms with Crippen molar-refractivity contribution in [2.24, 2.45) is 11.8 Å². The molecule has 1 saturated carbocycles. The van der Waals surface area contributed by atoms with Crippen LogP contribution in [0.2, 0.25) is 0 Å². The molecule has 1 fully saturated rings. The molecular formula is C24H32N2O2. The molecule has 150 valence electrons. The molecule has 0 aromatic heterocycles. The summed E-state index contributed by atoms with van der Waals surface area (Å²) in [5.74, 6) is 0.798. The Hall–Kier alpha value is -2.33. The van der Waals surface area contributed by atoms with E-state index in [1.807, 2.05) is 45.3 Å². The fourth-order valence-electron chi connectivity index (χ4n) is 4.40. The number of aromatic hydroxyl groups is 1. The zero-order valence-corrected chi connectivity index (χ0v) is 17.6. The molecule has 2 aromatic rings. The Balaban J connectivity index is 1.63. The molecule has 1 aliphatic carbocycles. The fraction of sp³-hybridized carbons (Fsp3) is 0.458. The molecule has 0 aliphatic heterocycles. The second-order valence-corrected chi connectivity index (χ2v) is 8.59. The fourth-order valence-corrected chi connectivity index (χ4v) is 4.40. The first-order chi connectivity index (χ1) is 13.2. The van der Waals surface area contributed by atoms with Crippen LogP contribution in [-0.4, -0.2) is 42.6 Å². The van der Waals surface area contributed by atoms with Crippen molar-refractivity contribution in [1.82, 2.24) is 10.2 Å². The number of phenols is 1. The Morgan fingerprint density at radius 1 is 1.21 bits per heavy atom. The summed E-state index contributed by atoms with van der Waals surface area (Å²) in [6.07, 6.45) is 0.829. The minimum Gasteiger partial charge on any atom is -0.508 e. The van der Waals surface area contributed by atoms with Gasteiger partial charge in [-0.3, -0.25) is 4.79 Å². The van der Waals surface area contributed by atoms with Crippen molar-refractivity contribution in [3.63, 3.8) is 0 Å². The van der Waals surface area contributed by atoms with Crippen molar-refractivity contribution < 1.29 is 9.90 Å². The van der Waals surface area contributed by atoms with Crippen molar-refractivity contribution in [3.8, 4) is 5.75 Å². The van der Waals surface area contributed by atoms with Gasteiger partial charge in [0, 0.05) is 18.0 Å². The molecule has 0 radical (unpaired) electrons. The topological polar surface area (TPSA) is 52.6 Å². The zero-order valence-electron chi connectivity index (χ0n) is 17.6. The summed E-state index contributed by atoms with van der Waals surface area (Å²) in [6.45, 7) is 6.98. The lowest BCUT2D eigenvalue weighted by Gasteiger charge is -2.25. The third kappa shape index (κ3) is 3.93. The molecular weight excluding hydrogens is 348 g/mol. The number of nitrogens with one attached hydrogen (secondary N) is 1. The van der Waals surface area contributed by atoms with E-state index in [-0.39, 0.29) is 23.3 Å². The van der Waals surface area contributed by atoms with E-state index in [2.05, 4.69) is 36.2 Å². The summed E-state index contributed by atoms with van der Waals surface area (Å²) < 4.78 is 0. The van der Waals surface area contributed by atoms with Crippen LogP contribution in [0.25, 0.3) is 0 Å². The Morgan fingerprint density at radius 3 is 2.50 bits per heavy atom. The first-order valence-electron chi connectivity index (χ1n) is 10.0. The SMILES string of the molecule is Cc1cc(O)ccc1C[C@@H](CNC(=O)[C@@H]1[C@H](C)[C@]1(C)c1ccccc1)N(C)C. The number of carbonyl (C=O) groups is 1. The molecule has 2 N–H and O–H groups in total. The molecule has 1 aliphatic rings. The van der Waals surface area contributed by atoms with E-state index in [0.717, 1.165) is 12.0 Å². The maximum atomic E-state index is 12.9. The van der Waals surface area contributed by atoms with Crippen molar-refractivity contribution in [3.05, 3.63) is 65.2 Å². The number of likely N-dealkylation sites (N-methyl/N-ethyl adjacent to an activating group) is 1. The van der Waals surface area contributed by atoms with E-state index >= 15 is 0 Å². The number of hydrogen-bond acceptors (Lipinski definition) is 3. The van der Waals surface area contributed by atoms with E-state index in [4.69, 9.17) is 0 Å². The lowest BCUT2D eigenvalue weighted by atomic mass is 9.94. The minimum absolute atomic E-state index is 0.0214. The molecule has 4 nitrogen and oxygen atoms in total. The molecule has 3 rings (SSSR count). The number of amides is 1. The average Bonchev–Trinajstić information content (AvgIpc) is 3.22. The highest BCUT2D eigenvalue weighted by Crippen LogP contribution is 2.59. The van der Waals surface area contributed by atoms with Gasteiger partial charge in [-0.05, 0) is 62.2 Å². The van der Waals surface area contributed by atoms with Gasteiger partial charge in [-0.1, -0.05) is 50.2 Å².